The van der Waals surface area contributed by atoms with Crippen LogP contribution in [0, 0.1) is 0 Å². The molecule has 0 saturated heterocycles. The number of carbonyl (C=O) groups is 1. The zero-order valence-electron chi connectivity index (χ0n) is 7.98. The number of halogens is 1. The van der Waals surface area contributed by atoms with Gasteiger partial charge >= 0.3 is 0 Å². The summed E-state index contributed by atoms with van der Waals surface area (Å²) in [7, 11) is 0. The highest BCUT2D eigenvalue weighted by molar-refractivity contribution is 7.13. The molecule has 5 nitrogen and oxygen atoms in total. The average molecular weight is 255 g/mol. The zero-order valence-corrected chi connectivity index (χ0v) is 9.55. The summed E-state index contributed by atoms with van der Waals surface area (Å²) in [4.78, 5) is 11.8. The molecule has 0 radical (unpaired) electrons. The highest BCUT2D eigenvalue weighted by Gasteiger charge is 2.11. The Morgan fingerprint density at radius 1 is 1.50 bits per heavy atom. The van der Waals surface area contributed by atoms with E-state index in [1.165, 1.54) is 22.9 Å². The van der Waals surface area contributed by atoms with Crippen molar-refractivity contribution < 1.29 is 4.79 Å². The molecule has 7 heteroatoms. The summed E-state index contributed by atoms with van der Waals surface area (Å²) in [6, 6.07) is 4.71. The second-order valence-electron chi connectivity index (χ2n) is 2.93. The Balaban J connectivity index is 2.24. The molecule has 1 aromatic carbocycles. The average Bonchev–Trinajstić information content (AvgIpc) is 2.74. The molecule has 0 fully saturated rings. The number of hydrogen-bond acceptors (Lipinski definition) is 5. The molecule has 16 heavy (non-hydrogen) atoms. The van der Waals surface area contributed by atoms with E-state index in [4.69, 9.17) is 17.3 Å². The van der Waals surface area contributed by atoms with Gasteiger partial charge in [-0.05, 0) is 18.2 Å². The maximum Gasteiger partial charge on any atom is 0.259 e. The number of nitrogens with one attached hydrogen (secondary N) is 1. The Morgan fingerprint density at radius 3 is 3.00 bits per heavy atom. The lowest BCUT2D eigenvalue weighted by Crippen LogP contribution is -2.13. The van der Waals surface area contributed by atoms with Crippen molar-refractivity contribution in [3.63, 3.8) is 0 Å². The van der Waals surface area contributed by atoms with Gasteiger partial charge in [0, 0.05) is 10.7 Å². The Hall–Kier alpha value is -1.66. The van der Waals surface area contributed by atoms with Gasteiger partial charge in [-0.15, -0.1) is 10.2 Å². The monoisotopic (exact) mass is 254 g/mol. The van der Waals surface area contributed by atoms with Gasteiger partial charge in [0.05, 0.1) is 5.56 Å². The minimum atomic E-state index is -0.350. The van der Waals surface area contributed by atoms with Gasteiger partial charge < -0.3 is 5.73 Å². The molecule has 2 rings (SSSR count). The normalized spacial score (nSPS) is 10.1. The molecular formula is C9H7ClN4OS. The van der Waals surface area contributed by atoms with Crippen LogP contribution < -0.4 is 11.1 Å². The van der Waals surface area contributed by atoms with Crippen LogP contribution in [0.2, 0.25) is 5.02 Å². The number of hydrogen-bond donors (Lipinski definition) is 2. The largest absolute Gasteiger partial charge is 0.398 e. The highest BCUT2D eigenvalue weighted by Crippen LogP contribution is 2.19. The van der Waals surface area contributed by atoms with Gasteiger partial charge in [-0.25, -0.2) is 0 Å². The van der Waals surface area contributed by atoms with Crippen molar-refractivity contribution in [2.24, 2.45) is 0 Å². The number of anilines is 2. The smallest absolute Gasteiger partial charge is 0.259 e. The molecule has 0 aliphatic carbocycles. The summed E-state index contributed by atoms with van der Waals surface area (Å²) < 4.78 is 0. The van der Waals surface area contributed by atoms with Gasteiger partial charge in [0.2, 0.25) is 5.13 Å². The number of nitrogens with two attached hydrogens (primary N) is 1. The van der Waals surface area contributed by atoms with E-state index in [1.54, 1.807) is 12.1 Å². The summed E-state index contributed by atoms with van der Waals surface area (Å²) >= 11 is 7.01. The second-order valence-corrected chi connectivity index (χ2v) is 4.20. The van der Waals surface area contributed by atoms with Crippen molar-refractivity contribution in [3.8, 4) is 0 Å². The molecule has 0 unspecified atom stereocenters. The molecule has 82 valence electrons. The van der Waals surface area contributed by atoms with Gasteiger partial charge in [-0.1, -0.05) is 22.9 Å². The fourth-order valence-corrected chi connectivity index (χ4v) is 1.73. The van der Waals surface area contributed by atoms with Crippen molar-refractivity contribution >= 4 is 39.7 Å². The van der Waals surface area contributed by atoms with Crippen molar-refractivity contribution in [2.45, 2.75) is 0 Å². The third-order valence-electron chi connectivity index (χ3n) is 1.84. The third kappa shape index (κ3) is 2.29. The highest BCUT2D eigenvalue weighted by atomic mass is 35.5. The summed E-state index contributed by atoms with van der Waals surface area (Å²) in [5.74, 6) is -0.350. The Morgan fingerprint density at radius 2 is 2.31 bits per heavy atom. The van der Waals surface area contributed by atoms with E-state index in [2.05, 4.69) is 15.5 Å². The summed E-state index contributed by atoms with van der Waals surface area (Å²) in [6.45, 7) is 0. The molecular weight excluding hydrogens is 248 g/mol. The van der Waals surface area contributed by atoms with Crippen molar-refractivity contribution in [1.82, 2.24) is 10.2 Å². The van der Waals surface area contributed by atoms with E-state index >= 15 is 0 Å². The Kier molecular flexibility index (Phi) is 3.02. The lowest BCUT2D eigenvalue weighted by Gasteiger charge is -2.04. The zero-order chi connectivity index (χ0) is 11.5. The second kappa shape index (κ2) is 4.46. The first kappa shape index (κ1) is 10.8. The van der Waals surface area contributed by atoms with Crippen LogP contribution in [0.3, 0.4) is 0 Å². The van der Waals surface area contributed by atoms with Gasteiger partial charge in [-0.2, -0.15) is 0 Å². The molecule has 1 amide bonds. The first-order valence-electron chi connectivity index (χ1n) is 4.29. The Bertz CT molecular complexity index is 514. The first-order valence-corrected chi connectivity index (χ1v) is 5.55. The molecule has 0 saturated carbocycles. The number of amides is 1. The molecule has 1 heterocycles. The first-order chi connectivity index (χ1) is 7.66. The van der Waals surface area contributed by atoms with E-state index in [9.17, 15) is 4.79 Å². The molecule has 0 aliphatic rings. The topological polar surface area (TPSA) is 80.9 Å². The van der Waals surface area contributed by atoms with Crippen molar-refractivity contribution in [3.05, 3.63) is 34.3 Å². The van der Waals surface area contributed by atoms with Crippen LogP contribution in [-0.2, 0) is 0 Å². The number of nitrogens with zero attached hydrogens (tertiary/aromatic N) is 2. The maximum absolute atomic E-state index is 11.8. The van der Waals surface area contributed by atoms with Crippen LogP contribution in [0.4, 0.5) is 10.8 Å². The fourth-order valence-electron chi connectivity index (χ4n) is 1.12. The SMILES string of the molecule is Nc1ccc(Cl)cc1C(=O)Nc1nncs1. The molecule has 0 spiro atoms. The number of aromatic nitrogens is 2. The third-order valence-corrected chi connectivity index (χ3v) is 2.68. The standard InChI is InChI=1S/C9H7ClN4OS/c10-5-1-2-7(11)6(3-5)8(15)13-9-14-12-4-16-9/h1-4H,11H2,(H,13,14,15). The van der Waals surface area contributed by atoms with E-state index in [0.29, 0.717) is 21.4 Å². The van der Waals surface area contributed by atoms with E-state index < -0.39 is 0 Å². The molecule has 3 N–H and O–H groups in total. The van der Waals surface area contributed by atoms with Crippen LogP contribution in [0.5, 0.6) is 0 Å². The lowest BCUT2D eigenvalue weighted by molar-refractivity contribution is 0.102. The molecule has 2 aromatic rings. The maximum atomic E-state index is 11.8. The minimum absolute atomic E-state index is 0.322. The van der Waals surface area contributed by atoms with Crippen molar-refractivity contribution in [2.75, 3.05) is 11.1 Å². The van der Waals surface area contributed by atoms with Crippen LogP contribution in [0.25, 0.3) is 0 Å². The predicted octanol–water partition coefficient (Wildman–Crippen LogP) is 2.03. The van der Waals surface area contributed by atoms with Crippen LogP contribution in [0.1, 0.15) is 10.4 Å². The van der Waals surface area contributed by atoms with Gasteiger partial charge in [-0.3, -0.25) is 10.1 Å². The van der Waals surface area contributed by atoms with E-state index in [1.807, 2.05) is 0 Å². The van der Waals surface area contributed by atoms with E-state index in [-0.39, 0.29) is 5.91 Å². The molecule has 0 bridgehead atoms. The summed E-state index contributed by atoms with van der Waals surface area (Å²) in [6.07, 6.45) is 0. The summed E-state index contributed by atoms with van der Waals surface area (Å²) in [5.41, 5.74) is 7.88. The molecule has 0 atom stereocenters. The van der Waals surface area contributed by atoms with Gasteiger partial charge in [0.15, 0.2) is 0 Å². The summed E-state index contributed by atoms with van der Waals surface area (Å²) in [5, 5.41) is 10.8. The fraction of sp³-hybridized carbons (Fsp3) is 0. The number of nitrogen functional groups attached to an aromatic ring is 1. The van der Waals surface area contributed by atoms with E-state index in [0.717, 1.165) is 0 Å². The molecule has 0 aliphatic heterocycles. The number of carbonyl (C=O) groups excluding carboxylic acids is 1. The molecule has 1 aromatic heterocycles. The van der Waals surface area contributed by atoms with Crippen LogP contribution >= 0.6 is 22.9 Å². The number of rotatable bonds is 2. The van der Waals surface area contributed by atoms with Crippen molar-refractivity contribution in [1.29, 1.82) is 0 Å². The number of benzene rings is 1. The van der Waals surface area contributed by atoms with Crippen LogP contribution in [0.15, 0.2) is 23.7 Å². The van der Waals surface area contributed by atoms with Gasteiger partial charge in [0.25, 0.3) is 5.91 Å². The minimum Gasteiger partial charge on any atom is -0.398 e. The Labute approximate surface area is 100 Å². The van der Waals surface area contributed by atoms with Crippen LogP contribution in [-0.4, -0.2) is 16.1 Å². The predicted molar refractivity (Wildman–Crippen MR) is 63.7 cm³/mol. The van der Waals surface area contributed by atoms with Gasteiger partial charge in [0.1, 0.15) is 5.51 Å². The lowest BCUT2D eigenvalue weighted by atomic mass is 10.2. The quantitative estimate of drug-likeness (QED) is 0.804.